The predicted octanol–water partition coefficient (Wildman–Crippen LogP) is 0.868. The molecule has 0 spiro atoms. The van der Waals surface area contributed by atoms with Crippen molar-refractivity contribution in [1.82, 2.24) is 15.2 Å². The maximum atomic E-state index is 12.1. The van der Waals surface area contributed by atoms with Crippen LogP contribution >= 0.6 is 0 Å². The molecule has 0 unspecified atom stereocenters. The van der Waals surface area contributed by atoms with E-state index in [2.05, 4.69) is 10.3 Å². The number of nitrogens with one attached hydrogen (secondary N) is 1. The molecule has 1 saturated heterocycles. The van der Waals surface area contributed by atoms with E-state index in [1.165, 1.54) is 4.90 Å². The van der Waals surface area contributed by atoms with Crippen LogP contribution in [0.4, 0.5) is 4.79 Å². The van der Waals surface area contributed by atoms with E-state index >= 15 is 0 Å². The van der Waals surface area contributed by atoms with Gasteiger partial charge >= 0.3 is 6.03 Å². The molecular weight excluding hydrogens is 206 g/mol. The number of aromatic nitrogens is 1. The molecule has 1 N–H and O–H groups in total. The van der Waals surface area contributed by atoms with Crippen LogP contribution in [0.3, 0.4) is 0 Å². The number of carbonyl (C=O) groups excluding carboxylic acids is 2. The summed E-state index contributed by atoms with van der Waals surface area (Å²) in [6.07, 6.45) is 3.21. The van der Waals surface area contributed by atoms with Gasteiger partial charge in [-0.15, -0.1) is 0 Å². The molecule has 0 aliphatic carbocycles. The number of likely N-dealkylation sites (N-methyl/N-ethyl adjacent to an activating group) is 1. The Labute approximate surface area is 93.5 Å². The fraction of sp³-hybridized carbons (Fsp3) is 0.364. The predicted molar refractivity (Wildman–Crippen MR) is 57.5 cm³/mol. The second kappa shape index (κ2) is 3.59. The Morgan fingerprint density at radius 3 is 2.50 bits per heavy atom. The summed E-state index contributed by atoms with van der Waals surface area (Å²) in [5.74, 6) is -0.216. The van der Waals surface area contributed by atoms with Crippen LogP contribution in [0.5, 0.6) is 0 Å². The summed E-state index contributed by atoms with van der Waals surface area (Å²) in [5, 5.41) is 2.71. The molecule has 84 valence electrons. The molecule has 0 bridgehead atoms. The zero-order valence-electron chi connectivity index (χ0n) is 9.23. The Balaban J connectivity index is 2.42. The average Bonchev–Trinajstić information content (AvgIpc) is 2.52. The zero-order chi connectivity index (χ0) is 11.8. The maximum Gasteiger partial charge on any atom is 0.325 e. The largest absolute Gasteiger partial charge is 0.325 e. The molecule has 1 aliphatic rings. The molecule has 3 amide bonds. The molecule has 1 aliphatic heterocycles. The third-order valence-electron chi connectivity index (χ3n) is 2.85. The number of amides is 3. The second-order valence-electron chi connectivity index (χ2n) is 3.84. The van der Waals surface area contributed by atoms with Crippen molar-refractivity contribution in [1.29, 1.82) is 0 Å². The number of nitrogens with zero attached hydrogens (tertiary/aromatic N) is 2. The number of imide groups is 1. The molecule has 2 rings (SSSR count). The van der Waals surface area contributed by atoms with Crippen molar-refractivity contribution >= 4 is 11.9 Å². The van der Waals surface area contributed by atoms with Gasteiger partial charge < -0.3 is 5.32 Å². The van der Waals surface area contributed by atoms with Crippen molar-refractivity contribution in [3.8, 4) is 0 Å². The first-order chi connectivity index (χ1) is 7.59. The first kappa shape index (κ1) is 10.6. The summed E-state index contributed by atoms with van der Waals surface area (Å²) in [4.78, 5) is 28.8. The van der Waals surface area contributed by atoms with Crippen molar-refractivity contribution in [3.63, 3.8) is 0 Å². The SMILES string of the molecule is CCN1C(=O)N[C@@](C)(c2ccncc2)C1=O. The van der Waals surface area contributed by atoms with E-state index in [9.17, 15) is 9.59 Å². The fourth-order valence-corrected chi connectivity index (χ4v) is 1.87. The summed E-state index contributed by atoms with van der Waals surface area (Å²) in [6, 6.07) is 3.13. The standard InChI is InChI=1S/C11H13N3O2/c1-3-14-9(15)11(2,13-10(14)16)8-4-6-12-7-5-8/h4-7H,3H2,1-2H3,(H,13,16)/t11-/m0/s1. The molecule has 0 aromatic carbocycles. The van der Waals surface area contributed by atoms with E-state index in [1.807, 2.05) is 0 Å². The Hall–Kier alpha value is -1.91. The molecule has 1 atom stereocenters. The third kappa shape index (κ3) is 1.36. The maximum absolute atomic E-state index is 12.1. The van der Waals surface area contributed by atoms with Gasteiger partial charge in [-0.25, -0.2) is 4.79 Å². The van der Waals surface area contributed by atoms with Crippen molar-refractivity contribution in [3.05, 3.63) is 30.1 Å². The smallest absolute Gasteiger partial charge is 0.319 e. The highest BCUT2D eigenvalue weighted by atomic mass is 16.2. The first-order valence-electron chi connectivity index (χ1n) is 5.14. The Morgan fingerprint density at radius 1 is 1.38 bits per heavy atom. The number of rotatable bonds is 2. The van der Waals surface area contributed by atoms with E-state index in [0.717, 1.165) is 5.56 Å². The number of urea groups is 1. The number of pyridine rings is 1. The Kier molecular flexibility index (Phi) is 2.38. The average molecular weight is 219 g/mol. The minimum absolute atomic E-state index is 0.216. The van der Waals surface area contributed by atoms with Crippen LogP contribution in [0, 0.1) is 0 Å². The highest BCUT2D eigenvalue weighted by molar-refractivity contribution is 6.07. The van der Waals surface area contributed by atoms with Crippen LogP contribution in [0.25, 0.3) is 0 Å². The van der Waals surface area contributed by atoms with Crippen LogP contribution in [-0.2, 0) is 10.3 Å². The van der Waals surface area contributed by atoms with Gasteiger partial charge in [0.15, 0.2) is 0 Å². The highest BCUT2D eigenvalue weighted by Gasteiger charge is 2.48. The van der Waals surface area contributed by atoms with Crippen molar-refractivity contribution in [2.24, 2.45) is 0 Å². The van der Waals surface area contributed by atoms with Crippen LogP contribution < -0.4 is 5.32 Å². The summed E-state index contributed by atoms with van der Waals surface area (Å²) in [6.45, 7) is 3.86. The lowest BCUT2D eigenvalue weighted by Gasteiger charge is -2.21. The molecule has 0 saturated carbocycles. The molecular formula is C11H13N3O2. The van der Waals surface area contributed by atoms with Gasteiger partial charge in [0.1, 0.15) is 5.54 Å². The van der Waals surface area contributed by atoms with Gasteiger partial charge in [0.05, 0.1) is 0 Å². The lowest BCUT2D eigenvalue weighted by molar-refractivity contribution is -0.130. The summed E-state index contributed by atoms with van der Waals surface area (Å²) >= 11 is 0. The van der Waals surface area contributed by atoms with Crippen LogP contribution in [0.1, 0.15) is 19.4 Å². The number of hydrogen-bond acceptors (Lipinski definition) is 3. The molecule has 1 aromatic heterocycles. The normalized spacial score (nSPS) is 24.8. The molecule has 1 fully saturated rings. The number of carbonyl (C=O) groups is 2. The van der Waals surface area contributed by atoms with Crippen molar-refractivity contribution in [2.75, 3.05) is 6.54 Å². The lowest BCUT2D eigenvalue weighted by Crippen LogP contribution is -2.40. The highest BCUT2D eigenvalue weighted by Crippen LogP contribution is 2.27. The van der Waals surface area contributed by atoms with Gasteiger partial charge in [0, 0.05) is 18.9 Å². The molecule has 0 radical (unpaired) electrons. The summed E-state index contributed by atoms with van der Waals surface area (Å²) in [5.41, 5.74) is -0.215. The fourth-order valence-electron chi connectivity index (χ4n) is 1.87. The summed E-state index contributed by atoms with van der Waals surface area (Å²) in [7, 11) is 0. The van der Waals surface area contributed by atoms with Gasteiger partial charge in [0.2, 0.25) is 0 Å². The summed E-state index contributed by atoms with van der Waals surface area (Å²) < 4.78 is 0. The van der Waals surface area contributed by atoms with Gasteiger partial charge in [-0.2, -0.15) is 0 Å². The van der Waals surface area contributed by atoms with Gasteiger partial charge in [-0.05, 0) is 31.5 Å². The van der Waals surface area contributed by atoms with Gasteiger partial charge in [0.25, 0.3) is 5.91 Å². The van der Waals surface area contributed by atoms with Crippen LogP contribution in [0.15, 0.2) is 24.5 Å². The monoisotopic (exact) mass is 219 g/mol. The lowest BCUT2D eigenvalue weighted by atomic mass is 9.93. The molecule has 1 aromatic rings. The van der Waals surface area contributed by atoms with Gasteiger partial charge in [-0.3, -0.25) is 14.7 Å². The topological polar surface area (TPSA) is 62.3 Å². The second-order valence-corrected chi connectivity index (χ2v) is 3.84. The van der Waals surface area contributed by atoms with Crippen LogP contribution in [0.2, 0.25) is 0 Å². The third-order valence-corrected chi connectivity index (χ3v) is 2.85. The van der Waals surface area contributed by atoms with E-state index in [1.54, 1.807) is 38.4 Å². The van der Waals surface area contributed by atoms with E-state index < -0.39 is 5.54 Å². The molecule has 16 heavy (non-hydrogen) atoms. The van der Waals surface area contributed by atoms with E-state index in [0.29, 0.717) is 6.54 Å². The zero-order valence-corrected chi connectivity index (χ0v) is 9.23. The number of hydrogen-bond donors (Lipinski definition) is 1. The van der Waals surface area contributed by atoms with E-state index in [-0.39, 0.29) is 11.9 Å². The quantitative estimate of drug-likeness (QED) is 0.751. The van der Waals surface area contributed by atoms with Gasteiger partial charge in [-0.1, -0.05) is 0 Å². The minimum Gasteiger partial charge on any atom is -0.319 e. The van der Waals surface area contributed by atoms with Crippen LogP contribution in [-0.4, -0.2) is 28.4 Å². The molecule has 5 heteroatoms. The first-order valence-corrected chi connectivity index (χ1v) is 5.14. The van der Waals surface area contributed by atoms with E-state index in [4.69, 9.17) is 0 Å². The molecule has 5 nitrogen and oxygen atoms in total. The Bertz CT molecular complexity index is 432. The Morgan fingerprint density at radius 2 is 2.00 bits per heavy atom. The minimum atomic E-state index is -0.962. The van der Waals surface area contributed by atoms with Crippen molar-refractivity contribution < 1.29 is 9.59 Å². The molecule has 2 heterocycles. The van der Waals surface area contributed by atoms with Crippen molar-refractivity contribution in [2.45, 2.75) is 19.4 Å².